The molecule has 162 valence electrons. The van der Waals surface area contributed by atoms with Gasteiger partial charge >= 0.3 is 0 Å². The molecule has 0 atom stereocenters. The first-order valence-corrected chi connectivity index (χ1v) is 11.2. The summed E-state index contributed by atoms with van der Waals surface area (Å²) < 4.78 is 0. The normalized spacial score (nSPS) is 15.5. The maximum absolute atomic E-state index is 13.7. The Hall–Kier alpha value is -3.91. The predicted octanol–water partition coefficient (Wildman–Crippen LogP) is 8.06. The average molecular weight is 431 g/mol. The molecule has 2 heteroatoms. The molecule has 4 aromatic rings. The lowest BCUT2D eigenvalue weighted by Gasteiger charge is -2.18. The Morgan fingerprint density at radius 1 is 0.667 bits per heavy atom. The lowest BCUT2D eigenvalue weighted by molar-refractivity contribution is 0.103. The number of ketones is 1. The zero-order valence-electron chi connectivity index (χ0n) is 19.1. The maximum atomic E-state index is 13.7. The molecule has 0 fully saturated rings. The Morgan fingerprint density at radius 2 is 1.18 bits per heavy atom. The molecule has 0 aromatic heterocycles. The van der Waals surface area contributed by atoms with Gasteiger partial charge < -0.3 is 5.11 Å². The summed E-state index contributed by atoms with van der Waals surface area (Å²) in [5, 5.41) is 15.6. The highest BCUT2D eigenvalue weighted by Gasteiger charge is 2.28. The molecule has 0 amide bonds. The van der Waals surface area contributed by atoms with Crippen LogP contribution in [0.4, 0.5) is 0 Å². The quantitative estimate of drug-likeness (QED) is 0.264. The SMILES string of the molecule is CC(C)(C)C1=C/C(=C(/O)c2ccc3ccccc3c2)C(C(=O)c2ccc3ccccc3c2)=C1. The first-order valence-electron chi connectivity index (χ1n) is 11.2. The first-order chi connectivity index (χ1) is 15.8. The van der Waals surface area contributed by atoms with E-state index in [1.165, 1.54) is 0 Å². The second-order valence-electron chi connectivity index (χ2n) is 9.62. The van der Waals surface area contributed by atoms with Crippen molar-refractivity contribution in [3.8, 4) is 0 Å². The van der Waals surface area contributed by atoms with E-state index in [9.17, 15) is 9.90 Å². The largest absolute Gasteiger partial charge is 0.507 e. The van der Waals surface area contributed by atoms with E-state index < -0.39 is 0 Å². The highest BCUT2D eigenvalue weighted by atomic mass is 16.3. The number of fused-ring (bicyclic) bond motifs is 2. The standard InChI is InChI=1S/C31H26O2/c1-31(2,3)26-18-27(29(32)24-14-12-20-8-4-6-10-22(20)16-24)28(19-26)30(33)25-15-13-21-9-5-7-11-23(21)17-25/h4-19,32H,1-3H3/b29-27-. The molecule has 1 aliphatic rings. The summed E-state index contributed by atoms with van der Waals surface area (Å²) >= 11 is 0. The molecule has 1 N–H and O–H groups in total. The first kappa shape index (κ1) is 21.0. The van der Waals surface area contributed by atoms with Crippen molar-refractivity contribution >= 4 is 33.1 Å². The van der Waals surface area contributed by atoms with Crippen molar-refractivity contribution in [3.63, 3.8) is 0 Å². The van der Waals surface area contributed by atoms with Gasteiger partial charge in [-0.25, -0.2) is 0 Å². The van der Waals surface area contributed by atoms with E-state index in [4.69, 9.17) is 0 Å². The van der Waals surface area contributed by atoms with Gasteiger partial charge in [0, 0.05) is 22.3 Å². The molecular formula is C31H26O2. The highest BCUT2D eigenvalue weighted by molar-refractivity contribution is 6.15. The van der Waals surface area contributed by atoms with Gasteiger partial charge in [-0.05, 0) is 56.8 Å². The van der Waals surface area contributed by atoms with Crippen LogP contribution >= 0.6 is 0 Å². The molecule has 1 aliphatic carbocycles. The zero-order chi connectivity index (χ0) is 23.2. The number of allylic oxidation sites excluding steroid dienone is 5. The lowest BCUT2D eigenvalue weighted by Crippen LogP contribution is -2.07. The summed E-state index contributed by atoms with van der Waals surface area (Å²) in [6.07, 6.45) is 3.89. The monoisotopic (exact) mass is 430 g/mol. The average Bonchev–Trinajstić information content (AvgIpc) is 3.28. The molecule has 0 heterocycles. The number of carbonyl (C=O) groups is 1. The second kappa shape index (κ2) is 7.90. The Kier molecular flexibility index (Phi) is 5.02. The summed E-state index contributed by atoms with van der Waals surface area (Å²) in [5.41, 5.74) is 3.29. The number of rotatable bonds is 3. The van der Waals surface area contributed by atoms with Crippen molar-refractivity contribution in [2.75, 3.05) is 0 Å². The summed E-state index contributed by atoms with van der Waals surface area (Å²) in [7, 11) is 0. The summed E-state index contributed by atoms with van der Waals surface area (Å²) in [5.74, 6) is 0.0407. The van der Waals surface area contributed by atoms with Gasteiger partial charge in [0.25, 0.3) is 0 Å². The fourth-order valence-electron chi connectivity index (χ4n) is 4.30. The van der Waals surface area contributed by atoms with Crippen LogP contribution < -0.4 is 0 Å². The predicted molar refractivity (Wildman–Crippen MR) is 137 cm³/mol. The lowest BCUT2D eigenvalue weighted by atomic mass is 9.87. The van der Waals surface area contributed by atoms with E-state index in [1.807, 2.05) is 97.1 Å². The van der Waals surface area contributed by atoms with Gasteiger partial charge in [0.15, 0.2) is 5.78 Å². The number of aliphatic hydroxyl groups is 1. The van der Waals surface area contributed by atoms with Crippen molar-refractivity contribution < 1.29 is 9.90 Å². The molecule has 5 rings (SSSR count). The third kappa shape index (κ3) is 3.89. The molecule has 0 aliphatic heterocycles. The van der Waals surface area contributed by atoms with Crippen molar-refractivity contribution in [1.29, 1.82) is 0 Å². The van der Waals surface area contributed by atoms with E-state index in [-0.39, 0.29) is 17.0 Å². The maximum Gasteiger partial charge on any atom is 0.193 e. The van der Waals surface area contributed by atoms with E-state index >= 15 is 0 Å². The van der Waals surface area contributed by atoms with Gasteiger partial charge in [0.1, 0.15) is 5.76 Å². The van der Waals surface area contributed by atoms with E-state index in [0.717, 1.165) is 27.1 Å². The van der Waals surface area contributed by atoms with Crippen LogP contribution in [0.15, 0.2) is 114 Å². The fraction of sp³-hybridized carbons (Fsp3) is 0.129. The van der Waals surface area contributed by atoms with Crippen molar-refractivity contribution in [2.45, 2.75) is 20.8 Å². The molecule has 0 radical (unpaired) electrons. The molecule has 0 unspecified atom stereocenters. The van der Waals surface area contributed by atoms with Gasteiger partial charge in [-0.15, -0.1) is 0 Å². The minimum atomic E-state index is -0.152. The van der Waals surface area contributed by atoms with Crippen molar-refractivity contribution in [1.82, 2.24) is 0 Å². The third-order valence-electron chi connectivity index (χ3n) is 6.29. The minimum absolute atomic E-state index is 0.0846. The molecule has 0 bridgehead atoms. The summed E-state index contributed by atoms with van der Waals surface area (Å²) in [6, 6.07) is 27.7. The second-order valence-corrected chi connectivity index (χ2v) is 9.62. The Morgan fingerprint density at radius 3 is 1.76 bits per heavy atom. The Labute approximate surface area is 194 Å². The molecule has 0 saturated heterocycles. The Bertz CT molecular complexity index is 1510. The van der Waals surface area contributed by atoms with Gasteiger partial charge in [-0.3, -0.25) is 4.79 Å². The van der Waals surface area contributed by atoms with Crippen molar-refractivity contribution in [3.05, 3.63) is 125 Å². The number of aliphatic hydroxyl groups excluding tert-OH is 1. The van der Waals surface area contributed by atoms with Gasteiger partial charge in [-0.2, -0.15) is 0 Å². The fourth-order valence-corrected chi connectivity index (χ4v) is 4.30. The van der Waals surface area contributed by atoms with Crippen LogP contribution in [0.2, 0.25) is 0 Å². The number of Topliss-reactive ketones (excluding diaryl/α,β-unsaturated/α-hetero) is 1. The van der Waals surface area contributed by atoms with Gasteiger partial charge in [0.2, 0.25) is 0 Å². The number of hydrogen-bond acceptors (Lipinski definition) is 2. The van der Waals surface area contributed by atoms with Crippen LogP contribution in [0.5, 0.6) is 0 Å². The number of hydrogen-bond donors (Lipinski definition) is 1. The third-order valence-corrected chi connectivity index (χ3v) is 6.29. The number of carbonyl (C=O) groups excluding carboxylic acids is 1. The van der Waals surface area contributed by atoms with Crippen LogP contribution in [0.1, 0.15) is 36.7 Å². The van der Waals surface area contributed by atoms with E-state index in [2.05, 4.69) is 20.8 Å². The molecule has 33 heavy (non-hydrogen) atoms. The van der Waals surface area contributed by atoms with Crippen LogP contribution in [-0.4, -0.2) is 10.9 Å². The molecule has 2 nitrogen and oxygen atoms in total. The van der Waals surface area contributed by atoms with Gasteiger partial charge in [-0.1, -0.05) is 93.6 Å². The van der Waals surface area contributed by atoms with Gasteiger partial charge in [0.05, 0.1) is 0 Å². The van der Waals surface area contributed by atoms with Crippen LogP contribution in [0.3, 0.4) is 0 Å². The van der Waals surface area contributed by atoms with E-state index in [1.54, 1.807) is 0 Å². The summed E-state index contributed by atoms with van der Waals surface area (Å²) in [4.78, 5) is 13.7. The topological polar surface area (TPSA) is 37.3 Å². The summed E-state index contributed by atoms with van der Waals surface area (Å²) in [6.45, 7) is 6.34. The molecule has 0 spiro atoms. The minimum Gasteiger partial charge on any atom is -0.507 e. The van der Waals surface area contributed by atoms with Crippen molar-refractivity contribution in [2.24, 2.45) is 5.41 Å². The van der Waals surface area contributed by atoms with Crippen LogP contribution in [-0.2, 0) is 0 Å². The number of benzene rings is 4. The Balaban J connectivity index is 1.64. The molecule has 4 aromatic carbocycles. The smallest absolute Gasteiger partial charge is 0.193 e. The molecule has 0 saturated carbocycles. The highest BCUT2D eigenvalue weighted by Crippen LogP contribution is 2.39. The van der Waals surface area contributed by atoms with E-state index in [0.29, 0.717) is 22.3 Å². The zero-order valence-corrected chi connectivity index (χ0v) is 19.1. The molecular weight excluding hydrogens is 404 g/mol. The van der Waals surface area contributed by atoms with Crippen LogP contribution in [0.25, 0.3) is 27.3 Å². The van der Waals surface area contributed by atoms with Crippen LogP contribution in [0, 0.1) is 5.41 Å².